The summed E-state index contributed by atoms with van der Waals surface area (Å²) < 4.78 is 7.92. The van der Waals surface area contributed by atoms with Crippen molar-refractivity contribution in [3.05, 3.63) is 47.3 Å². The standard InChI is InChI=1S/C21H33N5O/c1-6-22-21(23-10-7-11-26-15-18(5)13-25-26)24-14-19-9-8-17(4)12-20(19)27-16(2)3/h8-9,12-13,15-16H,6-7,10-11,14H2,1-5H3,(H2,22,23,24). The molecular formula is C21H33N5O. The van der Waals surface area contributed by atoms with Crippen LogP contribution in [0.1, 0.15) is 43.9 Å². The summed E-state index contributed by atoms with van der Waals surface area (Å²) in [6.45, 7) is 13.4. The zero-order valence-corrected chi connectivity index (χ0v) is 17.2. The van der Waals surface area contributed by atoms with Gasteiger partial charge in [-0.15, -0.1) is 0 Å². The second kappa shape index (κ2) is 10.6. The van der Waals surface area contributed by atoms with Crippen molar-refractivity contribution in [2.75, 3.05) is 13.1 Å². The smallest absolute Gasteiger partial charge is 0.191 e. The van der Waals surface area contributed by atoms with Gasteiger partial charge < -0.3 is 15.4 Å². The summed E-state index contributed by atoms with van der Waals surface area (Å²) in [6.07, 6.45) is 5.08. The molecule has 1 aromatic heterocycles. The number of nitrogens with zero attached hydrogens (tertiary/aromatic N) is 3. The van der Waals surface area contributed by atoms with Gasteiger partial charge in [0.1, 0.15) is 5.75 Å². The molecule has 0 aliphatic heterocycles. The topological polar surface area (TPSA) is 63.5 Å². The van der Waals surface area contributed by atoms with E-state index in [0.29, 0.717) is 6.54 Å². The summed E-state index contributed by atoms with van der Waals surface area (Å²) >= 11 is 0. The number of aryl methyl sites for hydroxylation is 3. The third-order valence-corrected chi connectivity index (χ3v) is 3.96. The van der Waals surface area contributed by atoms with E-state index < -0.39 is 0 Å². The fraction of sp³-hybridized carbons (Fsp3) is 0.524. The number of guanidine groups is 1. The number of ether oxygens (including phenoxy) is 1. The van der Waals surface area contributed by atoms with E-state index in [9.17, 15) is 0 Å². The average molecular weight is 372 g/mol. The molecule has 0 unspecified atom stereocenters. The Kier molecular flexibility index (Phi) is 8.17. The molecule has 0 bridgehead atoms. The van der Waals surface area contributed by atoms with E-state index in [1.807, 2.05) is 24.7 Å². The van der Waals surface area contributed by atoms with Crippen LogP contribution in [0.2, 0.25) is 0 Å². The molecule has 0 saturated heterocycles. The second-order valence-corrected chi connectivity index (χ2v) is 7.03. The summed E-state index contributed by atoms with van der Waals surface area (Å²) in [5, 5.41) is 11.0. The molecule has 1 heterocycles. The van der Waals surface area contributed by atoms with Crippen LogP contribution in [0.15, 0.2) is 35.6 Å². The van der Waals surface area contributed by atoms with E-state index >= 15 is 0 Å². The van der Waals surface area contributed by atoms with Crippen LogP contribution in [0.5, 0.6) is 5.75 Å². The quantitative estimate of drug-likeness (QED) is 0.403. The Morgan fingerprint density at radius 1 is 1.22 bits per heavy atom. The maximum atomic E-state index is 5.95. The van der Waals surface area contributed by atoms with E-state index in [1.165, 1.54) is 11.1 Å². The van der Waals surface area contributed by atoms with Crippen molar-refractivity contribution in [3.8, 4) is 5.75 Å². The molecule has 6 nitrogen and oxygen atoms in total. The molecule has 0 fully saturated rings. The predicted octanol–water partition coefficient (Wildman–Crippen LogP) is 3.43. The molecule has 0 spiro atoms. The van der Waals surface area contributed by atoms with Crippen LogP contribution in [-0.2, 0) is 13.1 Å². The van der Waals surface area contributed by atoms with Crippen molar-refractivity contribution in [3.63, 3.8) is 0 Å². The number of nitrogens with one attached hydrogen (secondary N) is 2. The van der Waals surface area contributed by atoms with Gasteiger partial charge in [0.2, 0.25) is 0 Å². The lowest BCUT2D eigenvalue weighted by atomic mass is 10.1. The minimum atomic E-state index is 0.145. The number of rotatable bonds is 9. The molecule has 0 aliphatic carbocycles. The molecule has 0 aliphatic rings. The van der Waals surface area contributed by atoms with Crippen molar-refractivity contribution in [2.45, 2.75) is 60.2 Å². The largest absolute Gasteiger partial charge is 0.491 e. The molecule has 2 aromatic rings. The highest BCUT2D eigenvalue weighted by Gasteiger charge is 2.07. The van der Waals surface area contributed by atoms with Gasteiger partial charge in [0.15, 0.2) is 5.96 Å². The first-order valence-corrected chi connectivity index (χ1v) is 9.75. The van der Waals surface area contributed by atoms with Gasteiger partial charge in [-0.2, -0.15) is 5.10 Å². The van der Waals surface area contributed by atoms with Crippen LogP contribution in [0, 0.1) is 13.8 Å². The number of hydrogen-bond donors (Lipinski definition) is 2. The molecule has 2 N–H and O–H groups in total. The van der Waals surface area contributed by atoms with Crippen LogP contribution in [0.4, 0.5) is 0 Å². The van der Waals surface area contributed by atoms with Crippen LogP contribution in [0.25, 0.3) is 0 Å². The van der Waals surface area contributed by atoms with Gasteiger partial charge in [-0.25, -0.2) is 4.99 Å². The van der Waals surface area contributed by atoms with Crippen LogP contribution >= 0.6 is 0 Å². The van der Waals surface area contributed by atoms with Crippen molar-refractivity contribution in [1.82, 2.24) is 20.4 Å². The van der Waals surface area contributed by atoms with Gasteiger partial charge >= 0.3 is 0 Å². The molecule has 1 aromatic carbocycles. The number of hydrogen-bond acceptors (Lipinski definition) is 3. The van der Waals surface area contributed by atoms with Crippen LogP contribution < -0.4 is 15.4 Å². The predicted molar refractivity (Wildman–Crippen MR) is 111 cm³/mol. The Morgan fingerprint density at radius 3 is 2.70 bits per heavy atom. The highest BCUT2D eigenvalue weighted by Crippen LogP contribution is 2.22. The van der Waals surface area contributed by atoms with Crippen molar-refractivity contribution in [2.24, 2.45) is 4.99 Å². The van der Waals surface area contributed by atoms with E-state index in [2.05, 4.69) is 60.9 Å². The summed E-state index contributed by atoms with van der Waals surface area (Å²) in [5.41, 5.74) is 3.48. The van der Waals surface area contributed by atoms with Gasteiger partial charge in [0.25, 0.3) is 0 Å². The minimum absolute atomic E-state index is 0.145. The zero-order valence-electron chi connectivity index (χ0n) is 17.2. The molecule has 6 heteroatoms. The normalized spacial score (nSPS) is 11.7. The molecule has 27 heavy (non-hydrogen) atoms. The Balaban J connectivity index is 1.92. The van der Waals surface area contributed by atoms with Gasteiger partial charge in [-0.05, 0) is 58.2 Å². The Labute approximate surface area is 163 Å². The Morgan fingerprint density at radius 2 is 2.04 bits per heavy atom. The molecule has 0 atom stereocenters. The third-order valence-electron chi connectivity index (χ3n) is 3.96. The minimum Gasteiger partial charge on any atom is -0.491 e. The zero-order chi connectivity index (χ0) is 19.6. The van der Waals surface area contributed by atoms with E-state index in [-0.39, 0.29) is 6.10 Å². The summed E-state index contributed by atoms with van der Waals surface area (Å²) in [6, 6.07) is 6.28. The lowest BCUT2D eigenvalue weighted by molar-refractivity contribution is 0.240. The van der Waals surface area contributed by atoms with Crippen molar-refractivity contribution in [1.29, 1.82) is 0 Å². The third kappa shape index (κ3) is 7.33. The molecule has 0 radical (unpaired) electrons. The molecule has 0 amide bonds. The first kappa shape index (κ1) is 20.8. The van der Waals surface area contributed by atoms with Crippen molar-refractivity contribution < 1.29 is 4.74 Å². The maximum absolute atomic E-state index is 5.95. The molecular weight excluding hydrogens is 338 g/mol. The van der Waals surface area contributed by atoms with E-state index in [4.69, 9.17) is 9.73 Å². The first-order chi connectivity index (χ1) is 13.0. The summed E-state index contributed by atoms with van der Waals surface area (Å²) in [5.74, 6) is 1.74. The van der Waals surface area contributed by atoms with E-state index in [0.717, 1.165) is 43.3 Å². The van der Waals surface area contributed by atoms with Crippen LogP contribution in [0.3, 0.4) is 0 Å². The summed E-state index contributed by atoms with van der Waals surface area (Å²) in [7, 11) is 0. The monoisotopic (exact) mass is 371 g/mol. The van der Waals surface area contributed by atoms with Gasteiger partial charge in [-0.1, -0.05) is 12.1 Å². The Hall–Kier alpha value is -2.50. The molecule has 2 rings (SSSR count). The number of aliphatic imine (C=N–C) groups is 1. The fourth-order valence-electron chi connectivity index (χ4n) is 2.70. The highest BCUT2D eigenvalue weighted by molar-refractivity contribution is 5.79. The van der Waals surface area contributed by atoms with Gasteiger partial charge in [0, 0.05) is 31.4 Å². The summed E-state index contributed by atoms with van der Waals surface area (Å²) in [4.78, 5) is 4.72. The SMILES string of the molecule is CCNC(=NCc1ccc(C)cc1OC(C)C)NCCCn1cc(C)cn1. The second-order valence-electron chi connectivity index (χ2n) is 7.03. The first-order valence-electron chi connectivity index (χ1n) is 9.75. The van der Waals surface area contributed by atoms with Gasteiger partial charge in [-0.3, -0.25) is 4.68 Å². The Bertz CT molecular complexity index is 736. The maximum Gasteiger partial charge on any atom is 0.191 e. The van der Waals surface area contributed by atoms with Crippen molar-refractivity contribution >= 4 is 5.96 Å². The molecule has 0 saturated carbocycles. The lowest BCUT2D eigenvalue weighted by Crippen LogP contribution is -2.38. The van der Waals surface area contributed by atoms with E-state index in [1.54, 1.807) is 0 Å². The number of benzene rings is 1. The number of aromatic nitrogens is 2. The lowest BCUT2D eigenvalue weighted by Gasteiger charge is -2.15. The van der Waals surface area contributed by atoms with Crippen LogP contribution in [-0.4, -0.2) is 34.9 Å². The van der Waals surface area contributed by atoms with Gasteiger partial charge in [0.05, 0.1) is 18.8 Å². The average Bonchev–Trinajstić information content (AvgIpc) is 3.02. The fourth-order valence-corrected chi connectivity index (χ4v) is 2.70. The molecule has 148 valence electrons. The highest BCUT2D eigenvalue weighted by atomic mass is 16.5.